The number of benzene rings is 1. The summed E-state index contributed by atoms with van der Waals surface area (Å²) in [5.74, 6) is 0. The number of rotatable bonds is 1. The molecule has 0 spiro atoms. The Bertz CT molecular complexity index is 465. The smallest absolute Gasteiger partial charge is 0.198 e. The van der Waals surface area contributed by atoms with Crippen LogP contribution in [0.4, 0.5) is 13.2 Å². The van der Waals surface area contributed by atoms with Crippen LogP contribution in [0.25, 0.3) is 0 Å². The third-order valence-corrected chi connectivity index (χ3v) is 3.53. The van der Waals surface area contributed by atoms with E-state index < -0.39 is 16.8 Å². The van der Waals surface area contributed by atoms with E-state index in [4.69, 9.17) is 28.5 Å². The average molecular weight is 333 g/mol. The predicted molar refractivity (Wildman–Crippen MR) is 58.5 cm³/mol. The Kier molecular flexibility index (Phi) is 4.11. The van der Waals surface area contributed by atoms with Crippen LogP contribution in [0, 0.1) is 11.3 Å². The van der Waals surface area contributed by atoms with Gasteiger partial charge in [0.05, 0.1) is 28.1 Å². The number of hydrogen-bond donors (Lipinski definition) is 0. The van der Waals surface area contributed by atoms with Crippen molar-refractivity contribution in [1.29, 1.82) is 5.26 Å². The first kappa shape index (κ1) is 13.6. The fourth-order valence-electron chi connectivity index (χ4n) is 1.10. The van der Waals surface area contributed by atoms with E-state index in [1.165, 1.54) is 0 Å². The highest BCUT2D eigenvalue weighted by Crippen LogP contribution is 2.42. The molecule has 86 valence electrons. The van der Waals surface area contributed by atoms with Crippen molar-refractivity contribution >= 4 is 39.1 Å². The molecule has 0 aromatic heterocycles. The number of hydrogen-bond acceptors (Lipinski definition) is 1. The summed E-state index contributed by atoms with van der Waals surface area (Å²) in [5.41, 5.74) is -1.02. The van der Waals surface area contributed by atoms with E-state index in [0.717, 1.165) is 6.07 Å². The summed E-state index contributed by atoms with van der Waals surface area (Å²) in [4.78, 5) is 0. The van der Waals surface area contributed by atoms with Gasteiger partial charge in [-0.05, 0) is 22.0 Å². The second-order valence-corrected chi connectivity index (χ2v) is 4.46. The van der Waals surface area contributed by atoms with E-state index in [0.29, 0.717) is 0 Å². The molecule has 1 aromatic rings. The first-order chi connectivity index (χ1) is 7.29. The van der Waals surface area contributed by atoms with Gasteiger partial charge in [0.15, 0.2) is 0 Å². The monoisotopic (exact) mass is 331 g/mol. The molecule has 0 saturated heterocycles. The van der Waals surface area contributed by atoms with Gasteiger partial charge in [-0.15, -0.1) is 0 Å². The Morgan fingerprint density at radius 2 is 1.88 bits per heavy atom. The fraction of sp³-hybridized carbons (Fsp3) is 0.222. The normalized spacial score (nSPS) is 11.3. The highest BCUT2D eigenvalue weighted by molar-refractivity contribution is 9.10. The molecule has 0 atom stereocenters. The Morgan fingerprint density at radius 3 is 2.31 bits per heavy atom. The van der Waals surface area contributed by atoms with Crippen molar-refractivity contribution in [2.45, 2.75) is 12.6 Å². The van der Waals surface area contributed by atoms with E-state index in [1.807, 2.05) is 0 Å². The first-order valence-corrected chi connectivity index (χ1v) is 5.44. The molecule has 0 heterocycles. The van der Waals surface area contributed by atoms with Crippen molar-refractivity contribution in [3.8, 4) is 6.07 Å². The average Bonchev–Trinajstić information content (AvgIpc) is 2.16. The molecule has 0 aliphatic heterocycles. The van der Waals surface area contributed by atoms with Gasteiger partial charge in [0.25, 0.3) is 0 Å². The summed E-state index contributed by atoms with van der Waals surface area (Å²) in [6.45, 7) is 0. The highest BCUT2D eigenvalue weighted by atomic mass is 79.9. The van der Waals surface area contributed by atoms with Crippen molar-refractivity contribution in [2.75, 3.05) is 0 Å². The summed E-state index contributed by atoms with van der Waals surface area (Å²) in [5, 5.41) is 7.99. The standard InChI is InChI=1S/C9H3BrCl2F3N/c10-6-3-5(9(13,14)15)7(11)4(1-2-16)8(6)12/h3H,1H2. The van der Waals surface area contributed by atoms with Gasteiger partial charge in [0.2, 0.25) is 0 Å². The molecule has 0 unspecified atom stereocenters. The second kappa shape index (κ2) is 4.82. The van der Waals surface area contributed by atoms with Gasteiger partial charge in [-0.3, -0.25) is 0 Å². The third-order valence-electron chi connectivity index (χ3n) is 1.81. The number of nitrogens with zero attached hydrogens (tertiary/aromatic N) is 1. The van der Waals surface area contributed by atoms with E-state index in [1.54, 1.807) is 6.07 Å². The zero-order valence-electron chi connectivity index (χ0n) is 7.50. The maximum atomic E-state index is 12.5. The summed E-state index contributed by atoms with van der Waals surface area (Å²) >= 11 is 14.2. The van der Waals surface area contributed by atoms with Crippen LogP contribution in [0.5, 0.6) is 0 Å². The number of nitriles is 1. The minimum absolute atomic E-state index is 0.0208. The van der Waals surface area contributed by atoms with Crippen LogP contribution in [-0.4, -0.2) is 0 Å². The highest BCUT2D eigenvalue weighted by Gasteiger charge is 2.35. The summed E-state index contributed by atoms with van der Waals surface area (Å²) < 4.78 is 37.7. The van der Waals surface area contributed by atoms with Gasteiger partial charge in [-0.2, -0.15) is 18.4 Å². The molecule has 1 rings (SSSR count). The minimum atomic E-state index is -4.58. The van der Waals surface area contributed by atoms with Crippen LogP contribution in [0.1, 0.15) is 11.1 Å². The molecule has 0 aliphatic rings. The second-order valence-electron chi connectivity index (χ2n) is 2.85. The molecular weight excluding hydrogens is 330 g/mol. The van der Waals surface area contributed by atoms with Gasteiger partial charge in [0.1, 0.15) is 0 Å². The van der Waals surface area contributed by atoms with Crippen LogP contribution >= 0.6 is 39.1 Å². The molecule has 0 fully saturated rings. The molecule has 7 heteroatoms. The molecule has 0 aliphatic carbocycles. The van der Waals surface area contributed by atoms with Crippen LogP contribution in [0.3, 0.4) is 0 Å². The molecule has 1 nitrogen and oxygen atoms in total. The van der Waals surface area contributed by atoms with Gasteiger partial charge in [-0.1, -0.05) is 23.2 Å². The summed E-state index contributed by atoms with van der Waals surface area (Å²) in [7, 11) is 0. The van der Waals surface area contributed by atoms with Crippen molar-refractivity contribution in [2.24, 2.45) is 0 Å². The lowest BCUT2D eigenvalue weighted by atomic mass is 10.1. The molecular formula is C9H3BrCl2F3N. The largest absolute Gasteiger partial charge is 0.417 e. The first-order valence-electron chi connectivity index (χ1n) is 3.89. The molecule has 0 radical (unpaired) electrons. The molecule has 0 amide bonds. The number of halogens is 6. The molecule has 0 saturated carbocycles. The van der Waals surface area contributed by atoms with Crippen LogP contribution in [0.15, 0.2) is 10.5 Å². The van der Waals surface area contributed by atoms with Gasteiger partial charge >= 0.3 is 6.18 Å². The topological polar surface area (TPSA) is 23.8 Å². The third kappa shape index (κ3) is 2.62. The van der Waals surface area contributed by atoms with Crippen molar-refractivity contribution in [1.82, 2.24) is 0 Å². The van der Waals surface area contributed by atoms with Crippen molar-refractivity contribution in [3.63, 3.8) is 0 Å². The fourth-order valence-corrected chi connectivity index (χ4v) is 2.15. The lowest BCUT2D eigenvalue weighted by Crippen LogP contribution is -2.08. The molecule has 1 aromatic carbocycles. The predicted octanol–water partition coefficient (Wildman–Crippen LogP) is 4.84. The van der Waals surface area contributed by atoms with Crippen LogP contribution in [0.2, 0.25) is 10.0 Å². The Labute approximate surface area is 108 Å². The lowest BCUT2D eigenvalue weighted by Gasteiger charge is -2.13. The van der Waals surface area contributed by atoms with Crippen LogP contribution < -0.4 is 0 Å². The zero-order valence-corrected chi connectivity index (χ0v) is 10.6. The van der Waals surface area contributed by atoms with E-state index in [9.17, 15) is 13.2 Å². The van der Waals surface area contributed by atoms with E-state index >= 15 is 0 Å². The zero-order chi connectivity index (χ0) is 12.5. The van der Waals surface area contributed by atoms with Crippen molar-refractivity contribution in [3.05, 3.63) is 31.7 Å². The van der Waals surface area contributed by atoms with Gasteiger partial charge in [0, 0.05) is 10.0 Å². The molecule has 0 bridgehead atoms. The molecule has 0 N–H and O–H groups in total. The quantitative estimate of drug-likeness (QED) is 0.675. The van der Waals surface area contributed by atoms with Gasteiger partial charge < -0.3 is 0 Å². The Hall–Kier alpha value is -0.440. The SMILES string of the molecule is N#CCc1c(Cl)c(Br)cc(C(F)(F)F)c1Cl. The van der Waals surface area contributed by atoms with Crippen molar-refractivity contribution < 1.29 is 13.2 Å². The maximum absolute atomic E-state index is 12.5. The summed E-state index contributed by atoms with van der Waals surface area (Å²) in [6, 6.07) is 2.51. The Morgan fingerprint density at radius 1 is 1.31 bits per heavy atom. The van der Waals surface area contributed by atoms with Gasteiger partial charge in [-0.25, -0.2) is 0 Å². The maximum Gasteiger partial charge on any atom is 0.417 e. The van der Waals surface area contributed by atoms with E-state index in [2.05, 4.69) is 15.9 Å². The lowest BCUT2D eigenvalue weighted by molar-refractivity contribution is -0.137. The Balaban J connectivity index is 3.52. The van der Waals surface area contributed by atoms with E-state index in [-0.39, 0.29) is 21.5 Å². The minimum Gasteiger partial charge on any atom is -0.198 e. The molecule has 16 heavy (non-hydrogen) atoms. The number of alkyl halides is 3. The van der Waals surface area contributed by atoms with Crippen LogP contribution in [-0.2, 0) is 12.6 Å². The summed E-state index contributed by atoms with van der Waals surface area (Å²) in [6.07, 6.45) is -4.85.